The van der Waals surface area contributed by atoms with Crippen LogP contribution < -0.4 is 15.2 Å². The van der Waals surface area contributed by atoms with Crippen LogP contribution in [0.2, 0.25) is 0 Å². The van der Waals surface area contributed by atoms with E-state index in [1.165, 1.54) is 0 Å². The molecule has 0 bridgehead atoms. The Hall–Kier alpha value is -2.67. The molecule has 0 saturated heterocycles. The number of nitriles is 1. The van der Waals surface area contributed by atoms with Gasteiger partial charge in [0, 0.05) is 5.69 Å². The normalized spacial score (nSPS) is 9.80. The van der Waals surface area contributed by atoms with Gasteiger partial charge in [0.05, 0.1) is 19.6 Å². The molecule has 20 heavy (non-hydrogen) atoms. The van der Waals surface area contributed by atoms with Crippen LogP contribution in [0.15, 0.2) is 42.5 Å². The van der Waals surface area contributed by atoms with Gasteiger partial charge in [-0.3, -0.25) is 0 Å². The summed E-state index contributed by atoms with van der Waals surface area (Å²) in [5, 5.41) is 8.74. The molecule has 102 valence electrons. The molecule has 0 aromatic heterocycles. The number of nitrogens with zero attached hydrogens (tertiary/aromatic N) is 1. The topological polar surface area (TPSA) is 68.3 Å². The second-order valence-electron chi connectivity index (χ2n) is 4.34. The maximum atomic E-state index is 8.74. The van der Waals surface area contributed by atoms with Crippen molar-refractivity contribution in [1.82, 2.24) is 0 Å². The molecule has 4 nitrogen and oxygen atoms in total. The van der Waals surface area contributed by atoms with Crippen molar-refractivity contribution in [3.63, 3.8) is 0 Å². The van der Waals surface area contributed by atoms with Gasteiger partial charge >= 0.3 is 0 Å². The highest BCUT2D eigenvalue weighted by atomic mass is 16.5. The number of anilines is 1. The molecule has 2 aromatic rings. The van der Waals surface area contributed by atoms with E-state index in [0.29, 0.717) is 18.0 Å². The Morgan fingerprint density at radius 1 is 1.15 bits per heavy atom. The summed E-state index contributed by atoms with van der Waals surface area (Å²) in [5.41, 5.74) is 8.21. The zero-order chi connectivity index (χ0) is 14.4. The number of methoxy groups -OCH3 is 1. The maximum absolute atomic E-state index is 8.74. The zero-order valence-electron chi connectivity index (χ0n) is 11.3. The first kappa shape index (κ1) is 13.8. The molecule has 0 radical (unpaired) electrons. The lowest BCUT2D eigenvalue weighted by molar-refractivity contribution is 0.305. The van der Waals surface area contributed by atoms with E-state index in [-0.39, 0.29) is 6.42 Å². The highest BCUT2D eigenvalue weighted by molar-refractivity contribution is 5.51. The van der Waals surface area contributed by atoms with Crippen molar-refractivity contribution >= 4 is 5.69 Å². The van der Waals surface area contributed by atoms with Gasteiger partial charge in [0.25, 0.3) is 0 Å². The van der Waals surface area contributed by atoms with Crippen LogP contribution in [0, 0.1) is 11.3 Å². The minimum atomic E-state index is 0.280. The van der Waals surface area contributed by atoms with Crippen LogP contribution in [0.5, 0.6) is 11.5 Å². The van der Waals surface area contributed by atoms with E-state index in [1.54, 1.807) is 25.3 Å². The SMILES string of the molecule is COc1cccc(COc2ccc(N)c(CC#N)c2)c1. The molecule has 2 rings (SSSR count). The van der Waals surface area contributed by atoms with E-state index in [0.717, 1.165) is 16.9 Å². The number of nitrogen functional groups attached to an aromatic ring is 1. The number of nitrogens with two attached hydrogens (primary N) is 1. The van der Waals surface area contributed by atoms with Crippen LogP contribution in [0.4, 0.5) is 5.69 Å². The standard InChI is InChI=1S/C16H16N2O2/c1-19-14-4-2-3-12(9-14)11-20-15-5-6-16(18)13(10-15)7-8-17/h2-6,9-10H,7,11,18H2,1H3. The minimum Gasteiger partial charge on any atom is -0.497 e. The Kier molecular flexibility index (Phi) is 4.46. The Morgan fingerprint density at radius 2 is 2.00 bits per heavy atom. The molecule has 2 N–H and O–H groups in total. The Balaban J connectivity index is 2.07. The van der Waals surface area contributed by atoms with E-state index in [1.807, 2.05) is 24.3 Å². The fraction of sp³-hybridized carbons (Fsp3) is 0.188. The van der Waals surface area contributed by atoms with E-state index in [4.69, 9.17) is 20.5 Å². The average molecular weight is 268 g/mol. The van der Waals surface area contributed by atoms with Crippen molar-refractivity contribution in [1.29, 1.82) is 5.26 Å². The van der Waals surface area contributed by atoms with Gasteiger partial charge in [0.15, 0.2) is 0 Å². The Bertz CT molecular complexity index is 633. The lowest BCUT2D eigenvalue weighted by atomic mass is 10.1. The molecule has 0 saturated carbocycles. The maximum Gasteiger partial charge on any atom is 0.120 e. The van der Waals surface area contributed by atoms with Crippen LogP contribution in [-0.4, -0.2) is 7.11 Å². The van der Waals surface area contributed by atoms with Gasteiger partial charge in [0.1, 0.15) is 18.1 Å². The van der Waals surface area contributed by atoms with Crippen molar-refractivity contribution in [2.45, 2.75) is 13.0 Å². The molecular formula is C16H16N2O2. The molecule has 0 atom stereocenters. The summed E-state index contributed by atoms with van der Waals surface area (Å²) in [4.78, 5) is 0. The van der Waals surface area contributed by atoms with Gasteiger partial charge in [-0.2, -0.15) is 5.26 Å². The lowest BCUT2D eigenvalue weighted by Crippen LogP contribution is -1.98. The second-order valence-corrected chi connectivity index (χ2v) is 4.34. The molecule has 2 aromatic carbocycles. The minimum absolute atomic E-state index is 0.280. The molecule has 0 aliphatic carbocycles. The third-order valence-electron chi connectivity index (χ3n) is 2.92. The van der Waals surface area contributed by atoms with Crippen LogP contribution in [-0.2, 0) is 13.0 Å². The third-order valence-corrected chi connectivity index (χ3v) is 2.92. The van der Waals surface area contributed by atoms with Gasteiger partial charge in [-0.25, -0.2) is 0 Å². The largest absolute Gasteiger partial charge is 0.497 e. The molecule has 0 spiro atoms. The quantitative estimate of drug-likeness (QED) is 0.846. The first-order valence-electron chi connectivity index (χ1n) is 6.24. The molecule has 4 heteroatoms. The molecule has 0 fully saturated rings. The summed E-state index contributed by atoms with van der Waals surface area (Å²) in [6.45, 7) is 0.438. The van der Waals surface area contributed by atoms with E-state index in [2.05, 4.69) is 6.07 Å². The zero-order valence-corrected chi connectivity index (χ0v) is 11.3. The van der Waals surface area contributed by atoms with Gasteiger partial charge in [-0.1, -0.05) is 12.1 Å². The first-order chi connectivity index (χ1) is 9.72. The van der Waals surface area contributed by atoms with E-state index >= 15 is 0 Å². The van der Waals surface area contributed by atoms with Gasteiger partial charge in [-0.15, -0.1) is 0 Å². The van der Waals surface area contributed by atoms with Crippen LogP contribution in [0.25, 0.3) is 0 Å². The van der Waals surface area contributed by atoms with Crippen LogP contribution in [0.1, 0.15) is 11.1 Å². The molecule has 0 unspecified atom stereocenters. The smallest absolute Gasteiger partial charge is 0.120 e. The predicted molar refractivity (Wildman–Crippen MR) is 77.5 cm³/mol. The molecular weight excluding hydrogens is 252 g/mol. The molecule has 0 heterocycles. The van der Waals surface area contributed by atoms with Crippen LogP contribution >= 0.6 is 0 Å². The highest BCUT2D eigenvalue weighted by Gasteiger charge is 2.03. The number of ether oxygens (including phenoxy) is 2. The number of benzene rings is 2. The summed E-state index contributed by atoms with van der Waals surface area (Å²) in [6, 6.07) is 15.1. The van der Waals surface area contributed by atoms with Crippen molar-refractivity contribution < 1.29 is 9.47 Å². The van der Waals surface area contributed by atoms with Crippen molar-refractivity contribution in [2.75, 3.05) is 12.8 Å². The summed E-state index contributed by atoms with van der Waals surface area (Å²) in [7, 11) is 1.63. The lowest BCUT2D eigenvalue weighted by Gasteiger charge is -2.09. The van der Waals surface area contributed by atoms with Crippen LogP contribution in [0.3, 0.4) is 0 Å². The summed E-state index contributed by atoms with van der Waals surface area (Å²) in [5.74, 6) is 1.50. The predicted octanol–water partition coefficient (Wildman–Crippen LogP) is 2.92. The van der Waals surface area contributed by atoms with E-state index < -0.39 is 0 Å². The first-order valence-corrected chi connectivity index (χ1v) is 6.24. The van der Waals surface area contributed by atoms with E-state index in [9.17, 15) is 0 Å². The van der Waals surface area contributed by atoms with Crippen molar-refractivity contribution in [2.24, 2.45) is 0 Å². The van der Waals surface area contributed by atoms with Crippen molar-refractivity contribution in [3.8, 4) is 17.6 Å². The number of hydrogen-bond acceptors (Lipinski definition) is 4. The molecule has 0 amide bonds. The summed E-state index contributed by atoms with van der Waals surface area (Å²) in [6.07, 6.45) is 0.280. The summed E-state index contributed by atoms with van der Waals surface area (Å²) < 4.78 is 10.9. The Morgan fingerprint density at radius 3 is 2.75 bits per heavy atom. The average Bonchev–Trinajstić information content (AvgIpc) is 2.48. The molecule has 0 aliphatic rings. The fourth-order valence-electron chi connectivity index (χ4n) is 1.84. The fourth-order valence-corrected chi connectivity index (χ4v) is 1.84. The van der Waals surface area contributed by atoms with Gasteiger partial charge in [0.2, 0.25) is 0 Å². The number of hydrogen-bond donors (Lipinski definition) is 1. The Labute approximate surface area is 118 Å². The van der Waals surface area contributed by atoms with Gasteiger partial charge in [-0.05, 0) is 41.5 Å². The molecule has 0 aliphatic heterocycles. The second kappa shape index (κ2) is 6.48. The summed E-state index contributed by atoms with van der Waals surface area (Å²) >= 11 is 0. The highest BCUT2D eigenvalue weighted by Crippen LogP contribution is 2.21. The third kappa shape index (κ3) is 3.42. The monoisotopic (exact) mass is 268 g/mol. The van der Waals surface area contributed by atoms with Crippen molar-refractivity contribution in [3.05, 3.63) is 53.6 Å². The van der Waals surface area contributed by atoms with Gasteiger partial charge < -0.3 is 15.2 Å². The number of rotatable bonds is 5.